The van der Waals surface area contributed by atoms with E-state index < -0.39 is 5.97 Å². The highest BCUT2D eigenvalue weighted by atomic mass is 16.6. The Morgan fingerprint density at radius 2 is 0.778 bits per heavy atom. The molecule has 0 radical (unpaired) electrons. The predicted octanol–water partition coefficient (Wildman–Crippen LogP) is 8.06. The molecule has 0 unspecified atom stereocenters. The van der Waals surface area contributed by atoms with Crippen molar-refractivity contribution in [3.8, 4) is 0 Å². The van der Waals surface area contributed by atoms with Crippen LogP contribution in [0.25, 0.3) is 0 Å². The summed E-state index contributed by atoms with van der Waals surface area (Å²) in [4.78, 5) is 34.6. The fourth-order valence-corrected chi connectivity index (χ4v) is 13.8. The molecular formula is C73H136N2O24. The second kappa shape index (κ2) is 60.5. The first-order valence-corrected chi connectivity index (χ1v) is 37.0. The summed E-state index contributed by atoms with van der Waals surface area (Å²) in [7, 11) is 0. The third-order valence-electron chi connectivity index (χ3n) is 18.9. The number of carboxylic acid groups (broad SMARTS) is 1. The molecule has 26 nitrogen and oxygen atoms in total. The number of alkyl carbamates (subject to hydrolysis) is 1. The molecule has 26 heteroatoms. The van der Waals surface area contributed by atoms with Crippen molar-refractivity contribution in [1.82, 2.24) is 10.6 Å². The maximum absolute atomic E-state index is 12.8. The van der Waals surface area contributed by atoms with Crippen molar-refractivity contribution in [3.05, 3.63) is 11.6 Å². The molecular weight excluding hydrogens is 1290 g/mol. The van der Waals surface area contributed by atoms with Gasteiger partial charge in [0, 0.05) is 25.9 Å². The Balaban J connectivity index is 0.0000255. The lowest BCUT2D eigenvalue weighted by Crippen LogP contribution is -2.51. The van der Waals surface area contributed by atoms with Crippen molar-refractivity contribution in [2.45, 2.75) is 132 Å². The van der Waals surface area contributed by atoms with Gasteiger partial charge in [-0.3, -0.25) is 9.59 Å². The van der Waals surface area contributed by atoms with E-state index >= 15 is 0 Å². The van der Waals surface area contributed by atoms with Gasteiger partial charge in [0.25, 0.3) is 0 Å². The van der Waals surface area contributed by atoms with Gasteiger partial charge in [0.1, 0.15) is 6.10 Å². The van der Waals surface area contributed by atoms with Gasteiger partial charge >= 0.3 is 12.1 Å². The highest BCUT2D eigenvalue weighted by Gasteiger charge is 2.59. The molecule has 4 aliphatic carbocycles. The van der Waals surface area contributed by atoms with Gasteiger partial charge in [-0.15, -0.1) is 0 Å². The Labute approximate surface area is 594 Å². The van der Waals surface area contributed by atoms with Gasteiger partial charge in [-0.05, 0) is 91.3 Å². The van der Waals surface area contributed by atoms with E-state index in [4.69, 9.17) is 99.8 Å². The zero-order valence-corrected chi connectivity index (χ0v) is 60.9. The van der Waals surface area contributed by atoms with E-state index in [2.05, 4.69) is 51.3 Å². The minimum atomic E-state index is -1.00. The van der Waals surface area contributed by atoms with Crippen molar-refractivity contribution in [3.63, 3.8) is 0 Å². The second-order valence-corrected chi connectivity index (χ2v) is 26.4. The summed E-state index contributed by atoms with van der Waals surface area (Å²) in [5, 5.41) is 14.0. The maximum atomic E-state index is 12.8. The number of amides is 2. The van der Waals surface area contributed by atoms with Crippen LogP contribution in [0.4, 0.5) is 4.79 Å². The molecule has 582 valence electrons. The topological polar surface area (TPSA) is 280 Å². The Morgan fingerprint density at radius 1 is 0.434 bits per heavy atom. The van der Waals surface area contributed by atoms with Crippen LogP contribution in [0.3, 0.4) is 0 Å². The van der Waals surface area contributed by atoms with E-state index in [1.807, 2.05) is 0 Å². The largest absolute Gasteiger partial charge is 0.481 e. The molecule has 99 heavy (non-hydrogen) atoms. The lowest BCUT2D eigenvalue weighted by Gasteiger charge is -2.58. The van der Waals surface area contributed by atoms with Gasteiger partial charge in [-0.2, -0.15) is 0 Å². The van der Waals surface area contributed by atoms with Gasteiger partial charge in [-0.25, -0.2) is 4.79 Å². The normalized spacial score (nSPS) is 21.4. The fraction of sp³-hybridized carbons (Fsp3) is 0.932. The average Bonchev–Trinajstić information content (AvgIpc) is 1.69. The third-order valence-corrected chi connectivity index (χ3v) is 18.9. The smallest absolute Gasteiger partial charge is 0.407 e. The first-order chi connectivity index (χ1) is 47.9. The monoisotopic (exact) mass is 1420 g/mol. The number of hydrogen-bond donors (Lipinski definition) is 3. The van der Waals surface area contributed by atoms with Crippen LogP contribution in [-0.4, -0.2) is 293 Å². The van der Waals surface area contributed by atoms with E-state index in [-0.39, 0.29) is 43.8 Å². The Hall–Kier alpha value is -2.81. The SMILES string of the molecule is C.CC(C)CCC[C@@H](C)[C@H]1CC[C@H]2[C@@H]3CC=C4C[C@@H](OC(=O)NCCOCCOCCOCCOCCOCCOCCOCCOCCOCCOCCOCCOCCOCCOCCOCCOCCOCCOCCOCCNC(=O)CCC(=O)O)CC[C@]4(C)[C@H]3CC[C@]12C. The molecule has 3 saturated carbocycles. The summed E-state index contributed by atoms with van der Waals surface area (Å²) in [5.74, 6) is 3.61. The standard InChI is InChI=1S/C72H132N2O24.CH4/c1-60(2)7-6-8-61(3)65-11-12-66-64-10-9-62-59-63(15-17-71(62,4)67(64)16-18-72(65,66)5)98-70(78)74-20-22-80-24-26-82-28-30-84-32-34-86-36-38-88-40-42-90-44-46-92-48-50-94-52-54-96-56-58-97-57-55-95-53-51-93-49-47-91-45-43-89-41-39-87-37-35-85-33-31-83-29-27-81-25-23-79-21-19-73-68(75)13-14-69(76)77;/h9,60-61,63-67H,6-8,10-59H2,1-5H3,(H,73,75)(H,74,78)(H,76,77);1H4/t61-,63+,64+,65-,66+,67+,71+,72-;/m1./s1. The van der Waals surface area contributed by atoms with Crippen molar-refractivity contribution in [2.24, 2.45) is 46.3 Å². The van der Waals surface area contributed by atoms with Crippen molar-refractivity contribution in [1.29, 1.82) is 0 Å². The average molecular weight is 1430 g/mol. The molecule has 0 bridgehead atoms. The lowest BCUT2D eigenvalue weighted by molar-refractivity contribution is -0.138. The van der Waals surface area contributed by atoms with E-state index in [1.165, 1.54) is 51.4 Å². The number of carboxylic acids is 1. The van der Waals surface area contributed by atoms with Crippen molar-refractivity contribution < 1.29 is 114 Å². The zero-order chi connectivity index (χ0) is 70.1. The molecule has 0 heterocycles. The molecule has 0 aromatic heterocycles. The summed E-state index contributed by atoms with van der Waals surface area (Å²) in [6.45, 7) is 30.7. The van der Waals surface area contributed by atoms with Crippen molar-refractivity contribution >= 4 is 18.0 Å². The Morgan fingerprint density at radius 3 is 1.12 bits per heavy atom. The van der Waals surface area contributed by atoms with Crippen molar-refractivity contribution in [2.75, 3.05) is 264 Å². The molecule has 8 atom stereocenters. The van der Waals surface area contributed by atoms with E-state index in [9.17, 15) is 14.4 Å². The summed E-state index contributed by atoms with van der Waals surface area (Å²) >= 11 is 0. The summed E-state index contributed by atoms with van der Waals surface area (Å²) in [5.41, 5.74) is 2.28. The minimum Gasteiger partial charge on any atom is -0.481 e. The Kier molecular flexibility index (Phi) is 55.2. The first-order valence-electron chi connectivity index (χ1n) is 37.0. The quantitative estimate of drug-likeness (QED) is 0.0383. The van der Waals surface area contributed by atoms with Crippen LogP contribution < -0.4 is 10.6 Å². The molecule has 2 amide bonds. The van der Waals surface area contributed by atoms with Crippen LogP contribution >= 0.6 is 0 Å². The van der Waals surface area contributed by atoms with Gasteiger partial charge in [-0.1, -0.05) is 73.0 Å². The number of allylic oxidation sites excluding steroid dienone is 1. The van der Waals surface area contributed by atoms with Gasteiger partial charge < -0.3 is 110 Å². The number of ether oxygens (including phenoxy) is 20. The number of carbonyl (C=O) groups excluding carboxylic acids is 2. The van der Waals surface area contributed by atoms with Gasteiger partial charge in [0.15, 0.2) is 0 Å². The molecule has 0 aliphatic heterocycles. The molecule has 0 spiro atoms. The molecule has 3 N–H and O–H groups in total. The van der Waals surface area contributed by atoms with E-state index in [1.54, 1.807) is 5.57 Å². The van der Waals surface area contributed by atoms with Crippen LogP contribution in [0, 0.1) is 46.3 Å². The van der Waals surface area contributed by atoms with Crippen LogP contribution in [0.15, 0.2) is 11.6 Å². The minimum absolute atomic E-state index is 0. The number of nitrogens with one attached hydrogen (secondary N) is 2. The van der Waals surface area contributed by atoms with E-state index in [0.717, 1.165) is 54.8 Å². The third kappa shape index (κ3) is 43.3. The highest BCUT2D eigenvalue weighted by molar-refractivity contribution is 5.80. The number of aliphatic carboxylic acids is 1. The second-order valence-electron chi connectivity index (χ2n) is 26.4. The van der Waals surface area contributed by atoms with Crippen LogP contribution in [0.1, 0.15) is 126 Å². The molecule has 0 aromatic carbocycles. The van der Waals surface area contributed by atoms with Crippen LogP contribution in [0.5, 0.6) is 0 Å². The fourth-order valence-electron chi connectivity index (χ4n) is 13.8. The first kappa shape index (κ1) is 90.4. The van der Waals surface area contributed by atoms with Crippen LogP contribution in [0.2, 0.25) is 0 Å². The Bertz CT molecular complexity index is 1970. The number of fused-ring (bicyclic) bond motifs is 5. The molecule has 4 rings (SSSR count). The summed E-state index contributed by atoms with van der Waals surface area (Å²) in [6.07, 6.45) is 15.7. The number of hydrogen-bond acceptors (Lipinski definition) is 23. The lowest BCUT2D eigenvalue weighted by atomic mass is 9.47. The molecule has 0 aromatic rings. The van der Waals surface area contributed by atoms with Crippen LogP contribution in [-0.2, 0) is 104 Å². The number of rotatable bonds is 69. The zero-order valence-electron chi connectivity index (χ0n) is 60.9. The van der Waals surface area contributed by atoms with E-state index in [0.29, 0.717) is 270 Å². The molecule has 4 aliphatic rings. The number of carbonyl (C=O) groups is 3. The van der Waals surface area contributed by atoms with Gasteiger partial charge in [0.2, 0.25) is 5.91 Å². The maximum Gasteiger partial charge on any atom is 0.407 e. The predicted molar refractivity (Wildman–Crippen MR) is 373 cm³/mol. The molecule has 3 fully saturated rings. The summed E-state index contributed by atoms with van der Waals surface area (Å²) in [6, 6.07) is 0. The van der Waals surface area contributed by atoms with Gasteiger partial charge in [0.05, 0.1) is 257 Å². The summed E-state index contributed by atoms with van der Waals surface area (Å²) < 4.78 is 111. The highest BCUT2D eigenvalue weighted by Crippen LogP contribution is 2.67. The molecule has 0 saturated heterocycles.